The van der Waals surface area contributed by atoms with Crippen LogP contribution in [-0.2, 0) is 24.4 Å². The van der Waals surface area contributed by atoms with Crippen LogP contribution in [0, 0.1) is 0 Å². The molecule has 2 aliphatic rings. The number of carbonyl (C=O) groups excluding carboxylic acids is 3. The fourth-order valence-corrected chi connectivity index (χ4v) is 4.68. The number of hydrogen-bond donors (Lipinski definition) is 1. The predicted octanol–water partition coefficient (Wildman–Crippen LogP) is 0.949. The Labute approximate surface area is 152 Å². The van der Waals surface area contributed by atoms with Gasteiger partial charge in [0.2, 0.25) is 27.7 Å². The summed E-state index contributed by atoms with van der Waals surface area (Å²) in [6.07, 6.45) is 2.06. The largest absolute Gasteiger partial charge is 0.326 e. The number of carbonyl (C=O) groups is 3. The maximum Gasteiger partial charge on any atom is 0.243 e. The first kappa shape index (κ1) is 18.5. The molecule has 2 saturated heterocycles. The Hall–Kier alpha value is -2.26. The van der Waals surface area contributed by atoms with E-state index in [0.717, 1.165) is 17.7 Å². The van der Waals surface area contributed by atoms with Gasteiger partial charge in [0.1, 0.15) is 0 Å². The maximum absolute atomic E-state index is 12.6. The molecule has 0 atom stereocenters. The molecule has 3 amide bonds. The number of nitrogens with one attached hydrogen (secondary N) is 1. The third-order valence-corrected chi connectivity index (χ3v) is 6.43. The molecule has 2 fully saturated rings. The molecule has 0 aromatic heterocycles. The molecule has 3 rings (SSSR count). The van der Waals surface area contributed by atoms with Crippen LogP contribution in [0.3, 0.4) is 0 Å². The normalized spacial score (nSPS) is 18.5. The van der Waals surface area contributed by atoms with Gasteiger partial charge in [0.25, 0.3) is 0 Å². The molecule has 1 N–H and O–H groups in total. The lowest BCUT2D eigenvalue weighted by Crippen LogP contribution is -2.32. The van der Waals surface area contributed by atoms with Crippen molar-refractivity contribution in [3.05, 3.63) is 24.3 Å². The van der Waals surface area contributed by atoms with Crippen LogP contribution in [0.2, 0.25) is 0 Å². The lowest BCUT2D eigenvalue weighted by Gasteiger charge is -2.16. The summed E-state index contributed by atoms with van der Waals surface area (Å²) >= 11 is 0. The molecule has 26 heavy (non-hydrogen) atoms. The summed E-state index contributed by atoms with van der Waals surface area (Å²) in [5.74, 6) is -0.906. The lowest BCUT2D eigenvalue weighted by atomic mass is 10.3. The van der Waals surface area contributed by atoms with Crippen LogP contribution in [0.5, 0.6) is 0 Å². The van der Waals surface area contributed by atoms with E-state index >= 15 is 0 Å². The standard InChI is InChI=1S/C17H21N3O5S/c21-15(8-11-20-16(22)6-7-17(20)23)18-13-4-3-5-14(12-13)26(24,25)19-9-1-2-10-19/h3-5,12H,1-2,6-11H2,(H,18,21). The summed E-state index contributed by atoms with van der Waals surface area (Å²) in [6, 6.07) is 6.11. The van der Waals surface area contributed by atoms with Crippen LogP contribution in [0.15, 0.2) is 29.2 Å². The molecule has 0 saturated carbocycles. The second kappa shape index (κ2) is 7.55. The van der Waals surface area contributed by atoms with Gasteiger partial charge >= 0.3 is 0 Å². The summed E-state index contributed by atoms with van der Waals surface area (Å²) in [5.41, 5.74) is 0.370. The summed E-state index contributed by atoms with van der Waals surface area (Å²) < 4.78 is 26.6. The first-order chi connectivity index (χ1) is 12.4. The molecule has 0 radical (unpaired) electrons. The van der Waals surface area contributed by atoms with E-state index in [1.54, 1.807) is 12.1 Å². The molecule has 9 heteroatoms. The Bertz CT molecular complexity index is 815. The SMILES string of the molecule is O=C(CCN1C(=O)CCC1=O)Nc1cccc(S(=O)(=O)N2CCCC2)c1. The Morgan fingerprint density at radius 1 is 1.08 bits per heavy atom. The van der Waals surface area contributed by atoms with Crippen LogP contribution in [0.4, 0.5) is 5.69 Å². The van der Waals surface area contributed by atoms with Gasteiger partial charge in [-0.15, -0.1) is 0 Å². The summed E-state index contributed by atoms with van der Waals surface area (Å²) in [6.45, 7) is 1.06. The minimum absolute atomic E-state index is 0.0272. The number of anilines is 1. The molecule has 0 spiro atoms. The molecule has 0 bridgehead atoms. The minimum atomic E-state index is -3.55. The van der Waals surface area contributed by atoms with Gasteiger partial charge in [0, 0.05) is 44.6 Å². The molecule has 2 heterocycles. The Balaban J connectivity index is 1.62. The first-order valence-electron chi connectivity index (χ1n) is 8.61. The monoisotopic (exact) mass is 379 g/mol. The van der Waals surface area contributed by atoms with Crippen LogP contribution < -0.4 is 5.32 Å². The van der Waals surface area contributed by atoms with Crippen molar-refractivity contribution in [3.63, 3.8) is 0 Å². The highest BCUT2D eigenvalue weighted by atomic mass is 32.2. The summed E-state index contributed by atoms with van der Waals surface area (Å²) in [7, 11) is -3.55. The maximum atomic E-state index is 12.6. The fourth-order valence-electron chi connectivity index (χ4n) is 3.12. The van der Waals surface area contributed by atoms with Gasteiger partial charge in [-0.25, -0.2) is 8.42 Å². The zero-order valence-electron chi connectivity index (χ0n) is 14.3. The van der Waals surface area contributed by atoms with Crippen molar-refractivity contribution < 1.29 is 22.8 Å². The predicted molar refractivity (Wildman–Crippen MR) is 93.6 cm³/mol. The van der Waals surface area contributed by atoms with Gasteiger partial charge in [0.15, 0.2) is 0 Å². The molecule has 1 aromatic rings. The highest BCUT2D eigenvalue weighted by Gasteiger charge is 2.29. The molecule has 0 unspecified atom stereocenters. The Kier molecular flexibility index (Phi) is 5.38. The number of rotatable bonds is 6. The zero-order chi connectivity index (χ0) is 18.7. The Morgan fingerprint density at radius 3 is 2.38 bits per heavy atom. The topological polar surface area (TPSA) is 104 Å². The molecular weight excluding hydrogens is 358 g/mol. The third kappa shape index (κ3) is 3.94. The van der Waals surface area contributed by atoms with Crippen molar-refractivity contribution in [2.75, 3.05) is 25.0 Å². The molecular formula is C17H21N3O5S. The van der Waals surface area contributed by atoms with Crippen LogP contribution in [-0.4, -0.2) is 55.0 Å². The van der Waals surface area contributed by atoms with Gasteiger partial charge in [-0.2, -0.15) is 4.31 Å². The highest BCUT2D eigenvalue weighted by molar-refractivity contribution is 7.89. The number of amides is 3. The van der Waals surface area contributed by atoms with E-state index in [1.165, 1.54) is 16.4 Å². The van der Waals surface area contributed by atoms with E-state index < -0.39 is 10.0 Å². The molecule has 0 aliphatic carbocycles. The molecule has 140 valence electrons. The summed E-state index contributed by atoms with van der Waals surface area (Å²) in [4.78, 5) is 36.4. The van der Waals surface area contributed by atoms with Crippen LogP contribution >= 0.6 is 0 Å². The Morgan fingerprint density at radius 2 is 1.73 bits per heavy atom. The van der Waals surface area contributed by atoms with Gasteiger partial charge in [-0.05, 0) is 31.0 Å². The number of nitrogens with zero attached hydrogens (tertiary/aromatic N) is 2. The number of benzene rings is 1. The third-order valence-electron chi connectivity index (χ3n) is 4.54. The highest BCUT2D eigenvalue weighted by Crippen LogP contribution is 2.23. The van der Waals surface area contributed by atoms with E-state index in [1.807, 2.05) is 0 Å². The second-order valence-electron chi connectivity index (χ2n) is 6.38. The fraction of sp³-hybridized carbons (Fsp3) is 0.471. The number of likely N-dealkylation sites (tertiary alicyclic amines) is 1. The first-order valence-corrected chi connectivity index (χ1v) is 10.1. The molecule has 8 nitrogen and oxygen atoms in total. The van der Waals surface area contributed by atoms with E-state index in [4.69, 9.17) is 0 Å². The van der Waals surface area contributed by atoms with Crippen molar-refractivity contribution >= 4 is 33.4 Å². The lowest BCUT2D eigenvalue weighted by molar-refractivity contribution is -0.138. The molecule has 2 aliphatic heterocycles. The van der Waals surface area contributed by atoms with Crippen molar-refractivity contribution in [3.8, 4) is 0 Å². The van der Waals surface area contributed by atoms with Crippen LogP contribution in [0.1, 0.15) is 32.1 Å². The van der Waals surface area contributed by atoms with Crippen molar-refractivity contribution in [2.45, 2.75) is 37.0 Å². The van der Waals surface area contributed by atoms with Gasteiger partial charge in [-0.3, -0.25) is 19.3 Å². The smallest absolute Gasteiger partial charge is 0.243 e. The average molecular weight is 379 g/mol. The minimum Gasteiger partial charge on any atom is -0.326 e. The number of imide groups is 1. The molecule has 1 aromatic carbocycles. The van der Waals surface area contributed by atoms with Gasteiger partial charge in [0.05, 0.1) is 4.90 Å². The van der Waals surface area contributed by atoms with Gasteiger partial charge < -0.3 is 5.32 Å². The quantitative estimate of drug-likeness (QED) is 0.741. The number of sulfonamides is 1. The van der Waals surface area contributed by atoms with Crippen molar-refractivity contribution in [1.29, 1.82) is 0 Å². The van der Waals surface area contributed by atoms with E-state index in [9.17, 15) is 22.8 Å². The zero-order valence-corrected chi connectivity index (χ0v) is 15.1. The number of hydrogen-bond acceptors (Lipinski definition) is 5. The van der Waals surface area contributed by atoms with E-state index in [0.29, 0.717) is 18.8 Å². The van der Waals surface area contributed by atoms with E-state index in [2.05, 4.69) is 5.32 Å². The van der Waals surface area contributed by atoms with Gasteiger partial charge in [-0.1, -0.05) is 6.07 Å². The van der Waals surface area contributed by atoms with Crippen molar-refractivity contribution in [1.82, 2.24) is 9.21 Å². The average Bonchev–Trinajstić information content (AvgIpc) is 3.25. The van der Waals surface area contributed by atoms with Crippen LogP contribution in [0.25, 0.3) is 0 Å². The second-order valence-corrected chi connectivity index (χ2v) is 8.31. The van der Waals surface area contributed by atoms with E-state index in [-0.39, 0.29) is 48.4 Å². The van der Waals surface area contributed by atoms with Crippen molar-refractivity contribution in [2.24, 2.45) is 0 Å². The summed E-state index contributed by atoms with van der Waals surface area (Å²) in [5, 5.41) is 2.63.